The van der Waals surface area contributed by atoms with Gasteiger partial charge >= 0.3 is 0 Å². The number of methoxy groups -OCH3 is 1. The first kappa shape index (κ1) is 18.8. The molecule has 0 unspecified atom stereocenters. The third-order valence-corrected chi connectivity index (χ3v) is 6.36. The molecule has 144 valence electrons. The number of carbonyl (C=O) groups is 1. The summed E-state index contributed by atoms with van der Waals surface area (Å²) in [5.74, 6) is 2.57. The topological polar surface area (TPSA) is 60.5 Å². The molecule has 0 saturated heterocycles. The van der Waals surface area contributed by atoms with Gasteiger partial charge in [-0.1, -0.05) is 23.5 Å². The molecule has 0 bridgehead atoms. The van der Waals surface area contributed by atoms with Crippen LogP contribution in [0.1, 0.15) is 17.7 Å². The number of para-hydroxylation sites is 1. The van der Waals surface area contributed by atoms with Crippen molar-refractivity contribution >= 4 is 34.1 Å². The molecule has 1 N–H and O–H groups in total. The van der Waals surface area contributed by atoms with Crippen molar-refractivity contribution in [1.29, 1.82) is 0 Å². The Bertz CT molecular complexity index is 970. The van der Waals surface area contributed by atoms with E-state index in [-0.39, 0.29) is 5.91 Å². The summed E-state index contributed by atoms with van der Waals surface area (Å²) in [7, 11) is 1.66. The Labute approximate surface area is 172 Å². The van der Waals surface area contributed by atoms with Crippen LogP contribution in [0.4, 0.5) is 5.13 Å². The number of fused-ring (bicyclic) bond motifs is 3. The molecule has 3 aromatic rings. The normalized spacial score (nSPS) is 11.9. The highest BCUT2D eigenvalue weighted by atomic mass is 32.2. The fourth-order valence-electron chi connectivity index (χ4n) is 2.92. The lowest BCUT2D eigenvalue weighted by molar-refractivity contribution is -0.116. The van der Waals surface area contributed by atoms with Crippen LogP contribution in [0.15, 0.2) is 53.4 Å². The maximum Gasteiger partial charge on any atom is 0.226 e. The van der Waals surface area contributed by atoms with Gasteiger partial charge in [0.2, 0.25) is 5.91 Å². The highest BCUT2D eigenvalue weighted by Gasteiger charge is 2.22. The number of anilines is 1. The molecule has 0 atom stereocenters. The molecule has 0 aliphatic carbocycles. The summed E-state index contributed by atoms with van der Waals surface area (Å²) in [4.78, 5) is 19.1. The largest absolute Gasteiger partial charge is 0.497 e. The van der Waals surface area contributed by atoms with Crippen molar-refractivity contribution in [2.75, 3.05) is 18.2 Å². The van der Waals surface area contributed by atoms with E-state index < -0.39 is 0 Å². The molecule has 1 amide bonds. The summed E-state index contributed by atoms with van der Waals surface area (Å²) in [5, 5.41) is 3.57. The number of thioether (sulfide) groups is 1. The molecule has 1 aliphatic rings. The summed E-state index contributed by atoms with van der Waals surface area (Å²) in [5.41, 5.74) is 1.90. The molecule has 0 saturated carbocycles. The summed E-state index contributed by atoms with van der Waals surface area (Å²) in [6.07, 6.45) is 1.28. The van der Waals surface area contributed by atoms with E-state index in [9.17, 15) is 4.79 Å². The fourth-order valence-corrected chi connectivity index (χ4v) is 4.68. The minimum atomic E-state index is -0.00405. The molecule has 28 heavy (non-hydrogen) atoms. The summed E-state index contributed by atoms with van der Waals surface area (Å²) >= 11 is 3.22. The van der Waals surface area contributed by atoms with Gasteiger partial charge in [-0.15, -0.1) is 11.8 Å². The Kier molecular flexibility index (Phi) is 5.83. The van der Waals surface area contributed by atoms with Gasteiger partial charge in [-0.2, -0.15) is 0 Å². The van der Waals surface area contributed by atoms with Crippen molar-refractivity contribution in [3.05, 3.63) is 53.4 Å². The fraction of sp³-hybridized carbons (Fsp3) is 0.238. The van der Waals surface area contributed by atoms with Crippen molar-refractivity contribution < 1.29 is 14.3 Å². The van der Waals surface area contributed by atoms with Crippen LogP contribution in [0.2, 0.25) is 0 Å². The average molecular weight is 413 g/mol. The first-order valence-electron chi connectivity index (χ1n) is 9.01. The smallest absolute Gasteiger partial charge is 0.226 e. The zero-order valence-corrected chi connectivity index (χ0v) is 17.1. The third-order valence-electron chi connectivity index (χ3n) is 4.32. The molecule has 0 fully saturated rings. The van der Waals surface area contributed by atoms with Crippen molar-refractivity contribution in [2.24, 2.45) is 0 Å². The van der Waals surface area contributed by atoms with E-state index in [0.29, 0.717) is 18.2 Å². The molecule has 2 heterocycles. The molecule has 1 aromatic heterocycles. The number of nitrogens with zero attached hydrogens (tertiary/aromatic N) is 1. The molecule has 2 aromatic carbocycles. The first-order valence-corrected chi connectivity index (χ1v) is 10.8. The number of nitrogens with one attached hydrogen (secondary N) is 1. The number of amides is 1. The third kappa shape index (κ3) is 4.31. The number of hydrogen-bond donors (Lipinski definition) is 1. The van der Waals surface area contributed by atoms with Crippen LogP contribution in [-0.4, -0.2) is 23.8 Å². The molecule has 1 aliphatic heterocycles. The molecule has 0 spiro atoms. The Morgan fingerprint density at radius 1 is 1.25 bits per heavy atom. The zero-order chi connectivity index (χ0) is 19.3. The quantitative estimate of drug-likeness (QED) is 0.426. The van der Waals surface area contributed by atoms with Gasteiger partial charge in [-0.3, -0.25) is 4.79 Å². The van der Waals surface area contributed by atoms with Gasteiger partial charge in [0.1, 0.15) is 18.1 Å². The van der Waals surface area contributed by atoms with Crippen molar-refractivity contribution in [3.8, 4) is 22.8 Å². The maximum atomic E-state index is 12.3. The van der Waals surface area contributed by atoms with E-state index in [2.05, 4.69) is 10.3 Å². The number of aromatic nitrogens is 1. The van der Waals surface area contributed by atoms with E-state index in [1.807, 2.05) is 48.5 Å². The standard InChI is InChI=1S/C21H20N2O3S2/c1-25-14-8-10-15(11-9-14)27-12-4-7-19(24)22-21-23-20-16-5-2-3-6-17(16)26-13-18(20)28-21/h2-3,5-6,8-11H,4,7,12-13H2,1H3,(H,22,23,24). The Hall–Kier alpha value is -2.51. The van der Waals surface area contributed by atoms with Crippen molar-refractivity contribution in [3.63, 3.8) is 0 Å². The Balaban J connectivity index is 1.27. The molecule has 4 rings (SSSR count). The van der Waals surface area contributed by atoms with Gasteiger partial charge < -0.3 is 14.8 Å². The average Bonchev–Trinajstić information content (AvgIpc) is 3.14. The van der Waals surface area contributed by atoms with Crippen molar-refractivity contribution in [2.45, 2.75) is 24.3 Å². The summed E-state index contributed by atoms with van der Waals surface area (Å²) in [6, 6.07) is 15.8. The van der Waals surface area contributed by atoms with Gasteiger partial charge in [0, 0.05) is 16.9 Å². The first-order chi connectivity index (χ1) is 13.7. The van der Waals surface area contributed by atoms with Gasteiger partial charge in [0.05, 0.1) is 17.7 Å². The number of benzene rings is 2. The maximum absolute atomic E-state index is 12.3. The molecule has 0 radical (unpaired) electrons. The SMILES string of the molecule is COc1ccc(SCCCC(=O)Nc2nc3c(s2)COc2ccccc2-3)cc1. The second-order valence-corrected chi connectivity index (χ2v) is 8.50. The predicted octanol–water partition coefficient (Wildman–Crippen LogP) is 5.22. The highest BCUT2D eigenvalue weighted by Crippen LogP contribution is 2.40. The number of ether oxygens (including phenoxy) is 2. The van der Waals surface area contributed by atoms with Crippen LogP contribution in [0, 0.1) is 0 Å². The van der Waals surface area contributed by atoms with Crippen LogP contribution < -0.4 is 14.8 Å². The molecule has 7 heteroatoms. The number of rotatable bonds is 7. The van der Waals surface area contributed by atoms with Crippen LogP contribution in [0.5, 0.6) is 11.5 Å². The molecule has 5 nitrogen and oxygen atoms in total. The predicted molar refractivity (Wildman–Crippen MR) is 113 cm³/mol. The van der Waals surface area contributed by atoms with E-state index in [1.54, 1.807) is 18.9 Å². The van der Waals surface area contributed by atoms with Crippen LogP contribution >= 0.6 is 23.1 Å². The van der Waals surface area contributed by atoms with E-state index in [1.165, 1.54) is 16.2 Å². The second-order valence-electron chi connectivity index (χ2n) is 6.25. The van der Waals surface area contributed by atoms with Crippen LogP contribution in [0.25, 0.3) is 11.3 Å². The minimum absolute atomic E-state index is 0.00405. The summed E-state index contributed by atoms with van der Waals surface area (Å²) in [6.45, 7) is 0.498. The van der Waals surface area contributed by atoms with Crippen LogP contribution in [-0.2, 0) is 11.4 Å². The molecular weight excluding hydrogens is 392 g/mol. The van der Waals surface area contributed by atoms with E-state index >= 15 is 0 Å². The lowest BCUT2D eigenvalue weighted by atomic mass is 10.1. The Morgan fingerprint density at radius 2 is 2.07 bits per heavy atom. The summed E-state index contributed by atoms with van der Waals surface area (Å²) < 4.78 is 10.9. The van der Waals surface area contributed by atoms with E-state index in [0.717, 1.165) is 39.8 Å². The Morgan fingerprint density at radius 3 is 2.89 bits per heavy atom. The number of thiazole rings is 1. The lowest BCUT2D eigenvalue weighted by Crippen LogP contribution is -2.11. The zero-order valence-electron chi connectivity index (χ0n) is 15.4. The monoisotopic (exact) mass is 412 g/mol. The van der Waals surface area contributed by atoms with Crippen molar-refractivity contribution in [1.82, 2.24) is 4.98 Å². The lowest BCUT2D eigenvalue weighted by Gasteiger charge is -2.15. The second kappa shape index (κ2) is 8.67. The van der Waals surface area contributed by atoms with Gasteiger partial charge in [0.15, 0.2) is 5.13 Å². The van der Waals surface area contributed by atoms with Gasteiger partial charge in [-0.25, -0.2) is 4.98 Å². The van der Waals surface area contributed by atoms with Gasteiger partial charge in [-0.05, 0) is 48.6 Å². The van der Waals surface area contributed by atoms with Crippen LogP contribution in [0.3, 0.4) is 0 Å². The number of hydrogen-bond acceptors (Lipinski definition) is 6. The highest BCUT2D eigenvalue weighted by molar-refractivity contribution is 7.99. The van der Waals surface area contributed by atoms with Gasteiger partial charge in [0.25, 0.3) is 0 Å². The number of carbonyl (C=O) groups excluding carboxylic acids is 1. The minimum Gasteiger partial charge on any atom is -0.497 e. The van der Waals surface area contributed by atoms with E-state index in [4.69, 9.17) is 9.47 Å². The molecular formula is C21H20N2O3S2.